The molecule has 0 heteroatoms. The Morgan fingerprint density at radius 2 is 1.91 bits per heavy atom. The molecule has 3 rings (SSSR count). The molecule has 0 nitrogen and oxygen atoms in total. The first-order valence-corrected chi connectivity index (χ1v) is 4.41. The molecule has 3 aliphatic rings. The zero-order valence-electron chi connectivity index (χ0n) is 7.65. The van der Waals surface area contributed by atoms with Crippen LogP contribution in [0.1, 0.15) is 33.6 Å². The number of hydrogen-bond donors (Lipinski definition) is 0. The second-order valence-corrected chi connectivity index (χ2v) is 4.78. The summed E-state index contributed by atoms with van der Waals surface area (Å²) in [4.78, 5) is 0. The fraction of sp³-hybridized carbons (Fsp3) is 0.636. The van der Waals surface area contributed by atoms with E-state index in [9.17, 15) is 0 Å². The predicted molar refractivity (Wildman–Crippen MR) is 48.3 cm³/mol. The van der Waals surface area contributed by atoms with E-state index in [-0.39, 0.29) is 0 Å². The summed E-state index contributed by atoms with van der Waals surface area (Å²) in [5.74, 6) is 0. The van der Waals surface area contributed by atoms with Gasteiger partial charge in [-0.15, -0.1) is 0 Å². The maximum Gasteiger partial charge on any atom is -0.00997 e. The zero-order valence-corrected chi connectivity index (χ0v) is 7.65. The Labute approximate surface area is 69.0 Å². The highest BCUT2D eigenvalue weighted by Gasteiger charge is 2.48. The van der Waals surface area contributed by atoms with Crippen LogP contribution >= 0.6 is 0 Å². The Hall–Kier alpha value is -0.520. The Kier molecular flexibility index (Phi) is 1.17. The van der Waals surface area contributed by atoms with Crippen molar-refractivity contribution in [1.82, 2.24) is 0 Å². The molecule has 0 spiro atoms. The molecular formula is C11H16. The first-order valence-electron chi connectivity index (χ1n) is 4.41. The Bertz CT molecular complexity index is 237. The minimum atomic E-state index is 0.517. The van der Waals surface area contributed by atoms with Gasteiger partial charge in [-0.25, -0.2) is 0 Å². The molecule has 1 saturated carbocycles. The van der Waals surface area contributed by atoms with Gasteiger partial charge in [0, 0.05) is 0 Å². The number of rotatable bonds is 0. The summed E-state index contributed by atoms with van der Waals surface area (Å²) in [6.45, 7) is 7.00. The van der Waals surface area contributed by atoms with E-state index in [1.54, 1.807) is 5.57 Å². The lowest BCUT2D eigenvalue weighted by molar-refractivity contribution is 0.0646. The van der Waals surface area contributed by atoms with E-state index >= 15 is 0 Å². The molecule has 0 saturated heterocycles. The highest BCUT2D eigenvalue weighted by molar-refractivity contribution is 5.30. The van der Waals surface area contributed by atoms with Crippen molar-refractivity contribution in [2.75, 3.05) is 0 Å². The minimum absolute atomic E-state index is 0.517. The molecule has 0 aromatic rings. The van der Waals surface area contributed by atoms with Crippen molar-refractivity contribution < 1.29 is 0 Å². The molecule has 0 aromatic carbocycles. The van der Waals surface area contributed by atoms with Crippen molar-refractivity contribution >= 4 is 0 Å². The summed E-state index contributed by atoms with van der Waals surface area (Å²) in [6.07, 6.45) is 9.56. The van der Waals surface area contributed by atoms with Crippen LogP contribution in [0.25, 0.3) is 0 Å². The fourth-order valence-corrected chi connectivity index (χ4v) is 2.75. The highest BCUT2D eigenvalue weighted by atomic mass is 14.5. The van der Waals surface area contributed by atoms with Crippen LogP contribution in [0.5, 0.6) is 0 Å². The van der Waals surface area contributed by atoms with Crippen LogP contribution in [0, 0.1) is 10.8 Å². The Morgan fingerprint density at radius 1 is 1.27 bits per heavy atom. The van der Waals surface area contributed by atoms with Crippen molar-refractivity contribution in [3.8, 4) is 0 Å². The lowest BCUT2D eigenvalue weighted by atomic mass is 9.53. The Balaban J connectivity index is 2.35. The van der Waals surface area contributed by atoms with Crippen LogP contribution in [0.4, 0.5) is 0 Å². The SMILES string of the molecule is CC1=CC=CC2(C)CC1(C)C2. The van der Waals surface area contributed by atoms with E-state index in [4.69, 9.17) is 0 Å². The molecule has 0 heterocycles. The van der Waals surface area contributed by atoms with Crippen LogP contribution in [0.2, 0.25) is 0 Å². The van der Waals surface area contributed by atoms with Gasteiger partial charge in [0.25, 0.3) is 0 Å². The van der Waals surface area contributed by atoms with E-state index in [1.807, 2.05) is 0 Å². The van der Waals surface area contributed by atoms with Gasteiger partial charge in [0.15, 0.2) is 0 Å². The molecule has 0 amide bonds. The van der Waals surface area contributed by atoms with Gasteiger partial charge in [0.2, 0.25) is 0 Å². The summed E-state index contributed by atoms with van der Waals surface area (Å²) < 4.78 is 0. The molecule has 0 N–H and O–H groups in total. The monoisotopic (exact) mass is 148 g/mol. The van der Waals surface area contributed by atoms with Crippen LogP contribution in [0.15, 0.2) is 23.8 Å². The summed E-state index contributed by atoms with van der Waals surface area (Å²) in [6, 6.07) is 0. The Morgan fingerprint density at radius 3 is 2.55 bits per heavy atom. The van der Waals surface area contributed by atoms with Gasteiger partial charge in [-0.05, 0) is 30.6 Å². The van der Waals surface area contributed by atoms with E-state index in [1.165, 1.54) is 12.8 Å². The average molecular weight is 148 g/mol. The maximum absolute atomic E-state index is 2.38. The van der Waals surface area contributed by atoms with E-state index in [0.29, 0.717) is 10.8 Å². The fourth-order valence-electron chi connectivity index (χ4n) is 2.75. The van der Waals surface area contributed by atoms with Crippen molar-refractivity contribution in [1.29, 1.82) is 0 Å². The van der Waals surface area contributed by atoms with Gasteiger partial charge in [0.05, 0.1) is 0 Å². The highest BCUT2D eigenvalue weighted by Crippen LogP contribution is 2.59. The molecule has 0 aliphatic heterocycles. The normalized spacial score (nSPS) is 47.7. The molecule has 0 aromatic heterocycles. The molecular weight excluding hydrogens is 132 g/mol. The third kappa shape index (κ3) is 0.885. The van der Waals surface area contributed by atoms with Crippen LogP contribution in [-0.4, -0.2) is 0 Å². The smallest absolute Gasteiger partial charge is 0.00997 e. The maximum atomic E-state index is 2.38. The van der Waals surface area contributed by atoms with Gasteiger partial charge in [-0.1, -0.05) is 37.6 Å². The van der Waals surface area contributed by atoms with Crippen molar-refractivity contribution in [2.24, 2.45) is 10.8 Å². The lowest BCUT2D eigenvalue weighted by Gasteiger charge is -2.51. The van der Waals surface area contributed by atoms with Crippen molar-refractivity contribution in [3.05, 3.63) is 23.8 Å². The minimum Gasteiger partial charge on any atom is -0.0785 e. The van der Waals surface area contributed by atoms with Crippen molar-refractivity contribution in [3.63, 3.8) is 0 Å². The molecule has 3 aliphatic carbocycles. The second-order valence-electron chi connectivity index (χ2n) is 4.78. The molecule has 0 unspecified atom stereocenters. The van der Waals surface area contributed by atoms with Crippen LogP contribution < -0.4 is 0 Å². The topological polar surface area (TPSA) is 0 Å². The third-order valence-electron chi connectivity index (χ3n) is 3.38. The summed E-state index contributed by atoms with van der Waals surface area (Å²) >= 11 is 0. The quantitative estimate of drug-likeness (QED) is 0.494. The van der Waals surface area contributed by atoms with Gasteiger partial charge in [-0.3, -0.25) is 0 Å². The zero-order chi connectivity index (χ0) is 8.11. The molecule has 0 radical (unpaired) electrons. The van der Waals surface area contributed by atoms with Gasteiger partial charge >= 0.3 is 0 Å². The van der Waals surface area contributed by atoms with Crippen molar-refractivity contribution in [2.45, 2.75) is 33.6 Å². The second kappa shape index (κ2) is 1.80. The van der Waals surface area contributed by atoms with E-state index in [2.05, 4.69) is 39.0 Å². The number of hydrogen-bond acceptors (Lipinski definition) is 0. The summed E-state index contributed by atoms with van der Waals surface area (Å²) in [5.41, 5.74) is 2.60. The first-order chi connectivity index (χ1) is 5.04. The molecule has 1 fully saturated rings. The van der Waals surface area contributed by atoms with Crippen LogP contribution in [-0.2, 0) is 0 Å². The van der Waals surface area contributed by atoms with E-state index in [0.717, 1.165) is 0 Å². The molecule has 0 atom stereocenters. The predicted octanol–water partition coefficient (Wildman–Crippen LogP) is 3.31. The largest absolute Gasteiger partial charge is 0.0785 e. The first kappa shape index (κ1) is 7.15. The van der Waals surface area contributed by atoms with Gasteiger partial charge < -0.3 is 0 Å². The molecule has 2 bridgehead atoms. The average Bonchev–Trinajstić information content (AvgIpc) is 1.96. The van der Waals surface area contributed by atoms with E-state index < -0.39 is 0 Å². The van der Waals surface area contributed by atoms with Crippen LogP contribution in [0.3, 0.4) is 0 Å². The van der Waals surface area contributed by atoms with Gasteiger partial charge in [0.1, 0.15) is 0 Å². The summed E-state index contributed by atoms with van der Waals surface area (Å²) in [5, 5.41) is 0. The number of allylic oxidation sites excluding steroid dienone is 4. The summed E-state index contributed by atoms with van der Waals surface area (Å²) in [7, 11) is 0. The lowest BCUT2D eigenvalue weighted by Crippen LogP contribution is -2.41. The van der Waals surface area contributed by atoms with Gasteiger partial charge in [-0.2, -0.15) is 0 Å². The number of fused-ring (bicyclic) bond motifs is 1. The molecule has 60 valence electrons. The molecule has 11 heavy (non-hydrogen) atoms. The third-order valence-corrected chi connectivity index (χ3v) is 3.38. The standard InChI is InChI=1S/C11H16/c1-9-5-4-6-10(2)7-11(9,3)8-10/h4-6H,7-8H2,1-3H3.